The summed E-state index contributed by atoms with van der Waals surface area (Å²) in [6.07, 6.45) is 6.96. The highest BCUT2D eigenvalue weighted by Gasteiger charge is 2.02. The summed E-state index contributed by atoms with van der Waals surface area (Å²) >= 11 is 0. The number of hydrogen-bond donors (Lipinski definition) is 0. The van der Waals surface area contributed by atoms with Crippen molar-refractivity contribution in [3.05, 3.63) is 83.9 Å². The second kappa shape index (κ2) is 7.69. The van der Waals surface area contributed by atoms with Crippen molar-refractivity contribution in [3.63, 3.8) is 0 Å². The molecule has 0 amide bonds. The highest BCUT2D eigenvalue weighted by Crippen LogP contribution is 2.13. The second-order valence-corrected chi connectivity index (χ2v) is 5.72. The maximum absolute atomic E-state index is 2.36. The van der Waals surface area contributed by atoms with Crippen molar-refractivity contribution >= 4 is 0 Å². The molecule has 2 aromatic rings. The molecule has 0 saturated heterocycles. The second-order valence-electron chi connectivity index (χ2n) is 5.72. The minimum absolute atomic E-state index is 0.593. The fraction of sp³-hybridized carbons (Fsp3) is 0.300. The summed E-state index contributed by atoms with van der Waals surface area (Å²) in [5, 5.41) is 0. The topological polar surface area (TPSA) is 0 Å². The Kier molecular flexibility index (Phi) is 5.61. The van der Waals surface area contributed by atoms with E-state index in [4.69, 9.17) is 0 Å². The van der Waals surface area contributed by atoms with E-state index in [-0.39, 0.29) is 0 Å². The lowest BCUT2D eigenvalue weighted by molar-refractivity contribution is 0.682. The number of allylic oxidation sites excluding steroid dienone is 2. The van der Waals surface area contributed by atoms with E-state index in [1.54, 1.807) is 0 Å². The predicted octanol–water partition coefficient (Wildman–Crippen LogP) is 5.30. The van der Waals surface area contributed by atoms with Gasteiger partial charge in [-0.2, -0.15) is 0 Å². The van der Waals surface area contributed by atoms with Crippen LogP contribution < -0.4 is 0 Å². The summed E-state index contributed by atoms with van der Waals surface area (Å²) in [7, 11) is 0. The molecule has 2 atom stereocenters. The summed E-state index contributed by atoms with van der Waals surface area (Å²) < 4.78 is 0. The van der Waals surface area contributed by atoms with Crippen LogP contribution in [0.3, 0.4) is 0 Å². The van der Waals surface area contributed by atoms with Crippen LogP contribution in [-0.2, 0) is 12.8 Å². The van der Waals surface area contributed by atoms with Crippen molar-refractivity contribution in [3.8, 4) is 0 Å². The van der Waals surface area contributed by atoms with Crippen molar-refractivity contribution in [2.24, 2.45) is 11.8 Å². The zero-order valence-corrected chi connectivity index (χ0v) is 12.5. The van der Waals surface area contributed by atoms with E-state index in [0.717, 1.165) is 12.8 Å². The molecule has 2 aromatic carbocycles. The lowest BCUT2D eigenvalue weighted by Crippen LogP contribution is -1.99. The molecule has 2 rings (SSSR count). The van der Waals surface area contributed by atoms with Gasteiger partial charge in [-0.3, -0.25) is 0 Å². The van der Waals surface area contributed by atoms with Gasteiger partial charge in [-0.1, -0.05) is 86.7 Å². The molecule has 0 aliphatic carbocycles. The van der Waals surface area contributed by atoms with E-state index in [2.05, 4.69) is 86.7 Å². The van der Waals surface area contributed by atoms with Crippen LogP contribution in [0.15, 0.2) is 72.8 Å². The molecule has 0 nitrogen and oxygen atoms in total. The molecular formula is C20H24. The summed E-state index contributed by atoms with van der Waals surface area (Å²) in [5.41, 5.74) is 2.83. The first-order valence-electron chi connectivity index (χ1n) is 7.50. The van der Waals surface area contributed by atoms with Gasteiger partial charge >= 0.3 is 0 Å². The molecule has 0 saturated carbocycles. The van der Waals surface area contributed by atoms with Gasteiger partial charge in [0.05, 0.1) is 0 Å². The molecule has 0 heteroatoms. The van der Waals surface area contributed by atoms with Crippen molar-refractivity contribution in [1.82, 2.24) is 0 Å². The molecule has 0 aliphatic rings. The lowest BCUT2D eigenvalue weighted by Gasteiger charge is -2.09. The molecule has 0 aromatic heterocycles. The van der Waals surface area contributed by atoms with Crippen LogP contribution in [0.2, 0.25) is 0 Å². The Morgan fingerprint density at radius 3 is 1.35 bits per heavy atom. The van der Waals surface area contributed by atoms with Gasteiger partial charge in [0, 0.05) is 0 Å². The Hall–Kier alpha value is -1.82. The van der Waals surface area contributed by atoms with E-state index >= 15 is 0 Å². The maximum atomic E-state index is 2.36. The van der Waals surface area contributed by atoms with Gasteiger partial charge in [-0.25, -0.2) is 0 Å². The molecule has 0 spiro atoms. The first-order chi connectivity index (χ1) is 9.74. The minimum Gasteiger partial charge on any atom is -0.0851 e. The average Bonchev–Trinajstić information content (AvgIpc) is 2.47. The molecule has 0 fully saturated rings. The number of rotatable bonds is 6. The van der Waals surface area contributed by atoms with Gasteiger partial charge in [-0.05, 0) is 35.8 Å². The monoisotopic (exact) mass is 264 g/mol. The van der Waals surface area contributed by atoms with E-state index in [9.17, 15) is 0 Å². The largest absolute Gasteiger partial charge is 0.0851 e. The fourth-order valence-electron chi connectivity index (χ4n) is 2.49. The van der Waals surface area contributed by atoms with E-state index in [1.165, 1.54) is 11.1 Å². The quantitative estimate of drug-likeness (QED) is 0.621. The fourth-order valence-corrected chi connectivity index (χ4v) is 2.49. The Morgan fingerprint density at radius 2 is 1.00 bits per heavy atom. The standard InChI is InChI=1S/C20H24/c1-17(15-19-9-5-3-6-10-19)13-14-18(2)16-20-11-7-4-8-12-20/h3-14,17-18H,15-16H2,1-2H3. The van der Waals surface area contributed by atoms with Crippen LogP contribution in [0.4, 0.5) is 0 Å². The lowest BCUT2D eigenvalue weighted by atomic mass is 9.96. The Morgan fingerprint density at radius 1 is 0.650 bits per heavy atom. The third kappa shape index (κ3) is 5.05. The van der Waals surface area contributed by atoms with Crippen molar-refractivity contribution < 1.29 is 0 Å². The van der Waals surface area contributed by atoms with Crippen LogP contribution in [0.5, 0.6) is 0 Å². The zero-order chi connectivity index (χ0) is 14.2. The predicted molar refractivity (Wildman–Crippen MR) is 87.8 cm³/mol. The van der Waals surface area contributed by atoms with E-state index in [1.807, 2.05) is 0 Å². The van der Waals surface area contributed by atoms with E-state index < -0.39 is 0 Å². The number of hydrogen-bond acceptors (Lipinski definition) is 0. The smallest absolute Gasteiger partial charge is 0.0218 e. The van der Waals surface area contributed by atoms with Crippen LogP contribution in [0, 0.1) is 11.8 Å². The van der Waals surface area contributed by atoms with Crippen molar-refractivity contribution in [2.75, 3.05) is 0 Å². The van der Waals surface area contributed by atoms with E-state index in [0.29, 0.717) is 11.8 Å². The molecule has 104 valence electrons. The number of benzene rings is 2. The molecular weight excluding hydrogens is 240 g/mol. The maximum Gasteiger partial charge on any atom is -0.0218 e. The van der Waals surface area contributed by atoms with Crippen LogP contribution in [0.1, 0.15) is 25.0 Å². The van der Waals surface area contributed by atoms with Crippen LogP contribution >= 0.6 is 0 Å². The third-order valence-electron chi connectivity index (χ3n) is 3.57. The summed E-state index contributed by atoms with van der Waals surface area (Å²) in [6, 6.07) is 21.4. The van der Waals surface area contributed by atoms with Gasteiger partial charge < -0.3 is 0 Å². The van der Waals surface area contributed by atoms with Crippen molar-refractivity contribution in [2.45, 2.75) is 26.7 Å². The normalized spacial score (nSPS) is 14.3. The van der Waals surface area contributed by atoms with Gasteiger partial charge in [0.25, 0.3) is 0 Å². The Labute approximate surface area is 123 Å². The molecule has 2 unspecified atom stereocenters. The van der Waals surface area contributed by atoms with Gasteiger partial charge in [0.1, 0.15) is 0 Å². The molecule has 0 bridgehead atoms. The SMILES string of the molecule is CC(C=CC(C)Cc1ccccc1)Cc1ccccc1. The Balaban J connectivity index is 1.82. The summed E-state index contributed by atoms with van der Waals surface area (Å²) in [5.74, 6) is 1.19. The van der Waals surface area contributed by atoms with Crippen molar-refractivity contribution in [1.29, 1.82) is 0 Å². The molecule has 0 N–H and O–H groups in total. The van der Waals surface area contributed by atoms with Crippen LogP contribution in [-0.4, -0.2) is 0 Å². The zero-order valence-electron chi connectivity index (χ0n) is 12.5. The molecule has 0 radical (unpaired) electrons. The van der Waals surface area contributed by atoms with Crippen LogP contribution in [0.25, 0.3) is 0 Å². The third-order valence-corrected chi connectivity index (χ3v) is 3.57. The summed E-state index contributed by atoms with van der Waals surface area (Å²) in [4.78, 5) is 0. The first kappa shape index (κ1) is 14.6. The van der Waals surface area contributed by atoms with Gasteiger partial charge in [0.2, 0.25) is 0 Å². The van der Waals surface area contributed by atoms with Gasteiger partial charge in [0.15, 0.2) is 0 Å². The molecule has 0 aliphatic heterocycles. The molecule has 0 heterocycles. The highest BCUT2D eigenvalue weighted by atomic mass is 14.1. The minimum atomic E-state index is 0.593. The Bertz CT molecular complexity index is 461. The average molecular weight is 264 g/mol. The van der Waals surface area contributed by atoms with Gasteiger partial charge in [-0.15, -0.1) is 0 Å². The molecule has 20 heavy (non-hydrogen) atoms. The first-order valence-corrected chi connectivity index (χ1v) is 7.50. The summed E-state index contributed by atoms with van der Waals surface area (Å²) in [6.45, 7) is 4.58. The highest BCUT2D eigenvalue weighted by molar-refractivity contribution is 5.17.